The molecule has 5 nitrogen and oxygen atoms in total. The maximum atomic E-state index is 13.0. The molecule has 6 rings (SSSR count). The Morgan fingerprint density at radius 1 is 0.917 bits per heavy atom. The summed E-state index contributed by atoms with van der Waals surface area (Å²) >= 11 is 0. The third-order valence-corrected chi connectivity index (χ3v) is 5.59. The number of imide groups is 1. The largest absolute Gasteiger partial charge is 0.299 e. The molecule has 5 heteroatoms. The summed E-state index contributed by atoms with van der Waals surface area (Å²) in [5, 5.41) is 0. The van der Waals surface area contributed by atoms with Gasteiger partial charge in [0.15, 0.2) is 0 Å². The number of ketones is 1. The van der Waals surface area contributed by atoms with Gasteiger partial charge in [0.05, 0.1) is 29.6 Å². The fourth-order valence-electron chi connectivity index (χ4n) is 4.70. The van der Waals surface area contributed by atoms with Crippen LogP contribution < -0.4 is 4.90 Å². The van der Waals surface area contributed by atoms with Crippen LogP contribution in [-0.4, -0.2) is 22.6 Å². The van der Waals surface area contributed by atoms with Crippen LogP contribution in [0.3, 0.4) is 0 Å². The van der Waals surface area contributed by atoms with E-state index in [1.165, 1.54) is 11.1 Å². The number of rotatable bonds is 1. The summed E-state index contributed by atoms with van der Waals surface area (Å²) < 4.78 is 0. The van der Waals surface area contributed by atoms with Crippen LogP contribution in [0.5, 0.6) is 0 Å². The standard InChI is InChI=1S/C19H14N2O3/c22-14-8-13-11-5-1-2-6-12(11)15(14)17-16(13)18(23)21(19(17)24)10-4-3-7-20-9-10/h1-7,9,13,15-17H,8H2/t13-,15-,16-,17-/m1/s1. The summed E-state index contributed by atoms with van der Waals surface area (Å²) in [6.45, 7) is 0. The van der Waals surface area contributed by atoms with E-state index in [-0.39, 0.29) is 23.5 Å². The predicted molar refractivity (Wildman–Crippen MR) is 85.3 cm³/mol. The van der Waals surface area contributed by atoms with Crippen molar-refractivity contribution in [2.24, 2.45) is 11.8 Å². The number of hydrogen-bond donors (Lipinski definition) is 0. The van der Waals surface area contributed by atoms with Crippen LogP contribution >= 0.6 is 0 Å². The smallest absolute Gasteiger partial charge is 0.238 e. The number of carbonyl (C=O) groups is 3. The van der Waals surface area contributed by atoms with Gasteiger partial charge in [0, 0.05) is 18.5 Å². The highest BCUT2D eigenvalue weighted by Crippen LogP contribution is 2.57. The molecule has 1 saturated carbocycles. The topological polar surface area (TPSA) is 67.3 Å². The molecule has 4 aliphatic rings. The van der Waals surface area contributed by atoms with E-state index < -0.39 is 17.8 Å². The highest BCUT2D eigenvalue weighted by molar-refractivity contribution is 6.24. The van der Waals surface area contributed by atoms with Crippen molar-refractivity contribution < 1.29 is 14.4 Å². The van der Waals surface area contributed by atoms with Crippen LogP contribution in [0, 0.1) is 11.8 Å². The Labute approximate surface area is 138 Å². The molecule has 3 aliphatic carbocycles. The Morgan fingerprint density at radius 2 is 1.67 bits per heavy atom. The fourth-order valence-corrected chi connectivity index (χ4v) is 4.70. The van der Waals surface area contributed by atoms with Gasteiger partial charge in [-0.25, -0.2) is 4.90 Å². The average Bonchev–Trinajstić information content (AvgIpc) is 2.88. The number of anilines is 1. The molecular formula is C19H14N2O3. The van der Waals surface area contributed by atoms with Gasteiger partial charge in [-0.1, -0.05) is 24.3 Å². The van der Waals surface area contributed by atoms with Crippen molar-refractivity contribution in [1.29, 1.82) is 0 Å². The summed E-state index contributed by atoms with van der Waals surface area (Å²) in [4.78, 5) is 43.8. The molecule has 2 aromatic rings. The molecule has 118 valence electrons. The minimum atomic E-state index is -0.571. The molecule has 0 unspecified atom stereocenters. The van der Waals surface area contributed by atoms with Crippen LogP contribution in [-0.2, 0) is 14.4 Å². The van der Waals surface area contributed by atoms with E-state index in [2.05, 4.69) is 4.98 Å². The quantitative estimate of drug-likeness (QED) is 0.755. The highest BCUT2D eigenvalue weighted by Gasteiger charge is 2.62. The number of fused-ring (bicyclic) bond motifs is 1. The van der Waals surface area contributed by atoms with Crippen LogP contribution in [0.4, 0.5) is 5.69 Å². The number of carbonyl (C=O) groups excluding carboxylic acids is 3. The van der Waals surface area contributed by atoms with E-state index in [4.69, 9.17) is 0 Å². The zero-order chi connectivity index (χ0) is 16.4. The summed E-state index contributed by atoms with van der Waals surface area (Å²) in [5.41, 5.74) is 2.46. The van der Waals surface area contributed by atoms with Crippen LogP contribution in [0.2, 0.25) is 0 Å². The number of Topliss-reactive ketones (excluding diaryl/α,β-unsaturated/α-hetero) is 1. The number of amides is 2. The Kier molecular flexibility index (Phi) is 2.61. The summed E-state index contributed by atoms with van der Waals surface area (Å²) in [7, 11) is 0. The molecule has 0 N–H and O–H groups in total. The van der Waals surface area contributed by atoms with E-state index in [0.717, 1.165) is 11.1 Å². The Bertz CT molecular complexity index is 892. The maximum absolute atomic E-state index is 13.0. The first-order valence-electron chi connectivity index (χ1n) is 8.08. The van der Waals surface area contributed by atoms with E-state index in [9.17, 15) is 14.4 Å². The van der Waals surface area contributed by atoms with Gasteiger partial charge in [-0.3, -0.25) is 19.4 Å². The Hall–Kier alpha value is -2.82. The van der Waals surface area contributed by atoms with Crippen molar-refractivity contribution in [3.63, 3.8) is 0 Å². The van der Waals surface area contributed by atoms with Crippen molar-refractivity contribution in [2.45, 2.75) is 18.3 Å². The van der Waals surface area contributed by atoms with Crippen molar-refractivity contribution in [3.05, 3.63) is 59.9 Å². The summed E-state index contributed by atoms with van der Waals surface area (Å²) in [5.74, 6) is -2.08. The lowest BCUT2D eigenvalue weighted by molar-refractivity contribution is -0.134. The molecule has 4 atom stereocenters. The van der Waals surface area contributed by atoms with Gasteiger partial charge in [-0.2, -0.15) is 0 Å². The van der Waals surface area contributed by atoms with Crippen LogP contribution in [0.1, 0.15) is 29.4 Å². The second-order valence-electron chi connectivity index (χ2n) is 6.66. The van der Waals surface area contributed by atoms with Crippen molar-refractivity contribution in [2.75, 3.05) is 4.90 Å². The molecule has 2 heterocycles. The van der Waals surface area contributed by atoms with Gasteiger partial charge >= 0.3 is 0 Å². The molecular weight excluding hydrogens is 304 g/mol. The highest BCUT2D eigenvalue weighted by atomic mass is 16.2. The van der Waals surface area contributed by atoms with E-state index in [1.54, 1.807) is 18.3 Å². The molecule has 0 spiro atoms. The lowest BCUT2D eigenvalue weighted by atomic mass is 9.56. The van der Waals surface area contributed by atoms with Gasteiger partial charge in [-0.15, -0.1) is 0 Å². The number of nitrogens with zero attached hydrogens (tertiary/aromatic N) is 2. The van der Waals surface area contributed by atoms with Gasteiger partial charge in [0.2, 0.25) is 11.8 Å². The Balaban J connectivity index is 1.68. The van der Waals surface area contributed by atoms with Crippen molar-refractivity contribution >= 4 is 23.3 Å². The van der Waals surface area contributed by atoms with Crippen molar-refractivity contribution in [1.82, 2.24) is 4.98 Å². The molecule has 1 aromatic carbocycles. The fraction of sp³-hybridized carbons (Fsp3) is 0.263. The molecule has 0 radical (unpaired) electrons. The second kappa shape index (κ2) is 4.60. The van der Waals surface area contributed by atoms with E-state index in [1.807, 2.05) is 24.3 Å². The summed E-state index contributed by atoms with van der Waals surface area (Å²) in [6.07, 6.45) is 3.47. The van der Waals surface area contributed by atoms with Gasteiger partial charge in [0.25, 0.3) is 0 Å². The van der Waals surface area contributed by atoms with Gasteiger partial charge < -0.3 is 0 Å². The minimum Gasteiger partial charge on any atom is -0.299 e. The minimum absolute atomic E-state index is 0.0779. The first-order valence-corrected chi connectivity index (χ1v) is 8.08. The molecule has 1 aliphatic heterocycles. The van der Waals surface area contributed by atoms with E-state index >= 15 is 0 Å². The Morgan fingerprint density at radius 3 is 2.42 bits per heavy atom. The first kappa shape index (κ1) is 13.6. The molecule has 2 bridgehead atoms. The van der Waals surface area contributed by atoms with Crippen LogP contribution in [0.15, 0.2) is 48.8 Å². The zero-order valence-electron chi connectivity index (χ0n) is 12.8. The van der Waals surface area contributed by atoms with Gasteiger partial charge in [0.1, 0.15) is 5.78 Å². The summed E-state index contributed by atoms with van der Waals surface area (Å²) in [6, 6.07) is 11.1. The van der Waals surface area contributed by atoms with Gasteiger partial charge in [-0.05, 0) is 23.3 Å². The van der Waals surface area contributed by atoms with Crippen LogP contribution in [0.25, 0.3) is 0 Å². The zero-order valence-corrected chi connectivity index (χ0v) is 12.8. The number of hydrogen-bond acceptors (Lipinski definition) is 4. The molecule has 1 saturated heterocycles. The third kappa shape index (κ3) is 1.54. The second-order valence-corrected chi connectivity index (χ2v) is 6.66. The monoisotopic (exact) mass is 318 g/mol. The van der Waals surface area contributed by atoms with Crippen molar-refractivity contribution in [3.8, 4) is 0 Å². The molecule has 2 fully saturated rings. The number of pyridine rings is 1. The van der Waals surface area contributed by atoms with E-state index in [0.29, 0.717) is 12.1 Å². The molecule has 1 aromatic heterocycles. The number of aromatic nitrogens is 1. The lowest BCUT2D eigenvalue weighted by Crippen LogP contribution is -2.44. The predicted octanol–water partition coefficient (Wildman–Crippen LogP) is 2.04. The number of benzene rings is 1. The molecule has 2 amide bonds. The SMILES string of the molecule is O=C1C[C@@H]2c3ccccc3[C@H]1[C@H]1C(=O)N(c3cccnc3)C(=O)[C@@H]12. The maximum Gasteiger partial charge on any atom is 0.238 e. The normalized spacial score (nSPS) is 30.5. The third-order valence-electron chi connectivity index (χ3n) is 5.59. The lowest BCUT2D eigenvalue weighted by Gasteiger charge is -2.43. The molecule has 24 heavy (non-hydrogen) atoms. The first-order chi connectivity index (χ1) is 11.7. The average molecular weight is 318 g/mol.